The van der Waals surface area contributed by atoms with E-state index in [0.29, 0.717) is 0 Å². The van der Waals surface area contributed by atoms with Crippen molar-refractivity contribution in [3.63, 3.8) is 0 Å². The Balaban J connectivity index is 3.12. The minimum absolute atomic E-state index is 0.251. The summed E-state index contributed by atoms with van der Waals surface area (Å²) in [6.07, 6.45) is 0. The number of nitrogens with two attached hydrogens (primary N) is 1. The number of aromatic hydroxyl groups is 1. The van der Waals surface area contributed by atoms with Crippen LogP contribution in [0.25, 0.3) is 0 Å². The van der Waals surface area contributed by atoms with Crippen LogP contribution in [0.15, 0.2) is 29.2 Å². The Morgan fingerprint density at radius 1 is 1.44 bits per heavy atom. The molecule has 6 nitrogen and oxygen atoms in total. The van der Waals surface area contributed by atoms with Gasteiger partial charge in [0.15, 0.2) is 0 Å². The van der Waals surface area contributed by atoms with Crippen LogP contribution in [0, 0.1) is 0 Å². The zero-order chi connectivity index (χ0) is 12.3. The van der Waals surface area contributed by atoms with Crippen LogP contribution in [0.2, 0.25) is 0 Å². The molecule has 0 aromatic heterocycles. The molecule has 0 aliphatic carbocycles. The van der Waals surface area contributed by atoms with Gasteiger partial charge < -0.3 is 10.8 Å². The molecule has 0 spiro atoms. The molecule has 0 aliphatic heterocycles. The van der Waals surface area contributed by atoms with Crippen LogP contribution in [0.5, 0.6) is 5.75 Å². The second-order valence-corrected chi connectivity index (χ2v) is 5.21. The normalized spacial score (nSPS) is 11.6. The van der Waals surface area contributed by atoms with E-state index in [1.54, 1.807) is 0 Å². The number of hydrogen-bond acceptors (Lipinski definition) is 4. The van der Waals surface area contributed by atoms with Crippen molar-refractivity contribution in [2.45, 2.75) is 4.90 Å². The number of para-hydroxylation sites is 1. The van der Waals surface area contributed by atoms with Gasteiger partial charge in [0.1, 0.15) is 10.6 Å². The number of benzene rings is 1. The summed E-state index contributed by atoms with van der Waals surface area (Å²) in [5.74, 6) is -1.12. The highest BCUT2D eigenvalue weighted by Gasteiger charge is 2.24. The second-order valence-electron chi connectivity index (χ2n) is 3.20. The summed E-state index contributed by atoms with van der Waals surface area (Å²) in [5, 5.41) is 9.41. The number of phenols is 1. The zero-order valence-corrected chi connectivity index (χ0v) is 9.44. The number of hydrogen-bond donors (Lipinski definition) is 2. The van der Waals surface area contributed by atoms with Crippen LogP contribution in [0.4, 0.5) is 0 Å². The lowest BCUT2D eigenvalue weighted by molar-refractivity contribution is -0.118. The van der Waals surface area contributed by atoms with Crippen LogP contribution in [0.3, 0.4) is 0 Å². The Hall–Kier alpha value is -1.60. The lowest BCUT2D eigenvalue weighted by Crippen LogP contribution is -2.35. The predicted octanol–water partition coefficient (Wildman–Crippen LogP) is -0.502. The number of rotatable bonds is 4. The van der Waals surface area contributed by atoms with Crippen molar-refractivity contribution >= 4 is 15.9 Å². The standard InChI is InChI=1S/C9H12N2O4S/c1-11(6-9(10)13)16(14,15)8-5-3-2-4-7(8)12/h2-5,12H,6H2,1H3,(H2,10,13). The predicted molar refractivity (Wildman–Crippen MR) is 57.1 cm³/mol. The van der Waals surface area contributed by atoms with Crippen LogP contribution in [-0.2, 0) is 14.8 Å². The molecule has 7 heteroatoms. The van der Waals surface area contributed by atoms with Crippen molar-refractivity contribution in [3.05, 3.63) is 24.3 Å². The van der Waals surface area contributed by atoms with E-state index in [1.165, 1.54) is 31.3 Å². The number of primary amides is 1. The number of amides is 1. The van der Waals surface area contributed by atoms with Gasteiger partial charge in [-0.05, 0) is 12.1 Å². The molecule has 3 N–H and O–H groups in total. The molecule has 0 aliphatic rings. The van der Waals surface area contributed by atoms with Gasteiger partial charge in [0.2, 0.25) is 15.9 Å². The fraction of sp³-hybridized carbons (Fsp3) is 0.222. The van der Waals surface area contributed by atoms with Crippen molar-refractivity contribution in [1.29, 1.82) is 0 Å². The molecule has 0 atom stereocenters. The third-order valence-corrected chi connectivity index (χ3v) is 3.78. The van der Waals surface area contributed by atoms with E-state index in [1.807, 2.05) is 0 Å². The molecule has 1 rings (SSSR count). The zero-order valence-electron chi connectivity index (χ0n) is 8.62. The summed E-state index contributed by atoms with van der Waals surface area (Å²) in [7, 11) is -2.67. The van der Waals surface area contributed by atoms with Gasteiger partial charge in [-0.3, -0.25) is 4.79 Å². The fourth-order valence-electron chi connectivity index (χ4n) is 1.15. The van der Waals surface area contributed by atoms with Crippen molar-refractivity contribution in [2.24, 2.45) is 5.73 Å². The third-order valence-electron chi connectivity index (χ3n) is 1.93. The number of sulfonamides is 1. The smallest absolute Gasteiger partial charge is 0.246 e. The molecule has 1 amide bonds. The first kappa shape index (κ1) is 12.5. The Morgan fingerprint density at radius 2 is 2.00 bits per heavy atom. The second kappa shape index (κ2) is 4.50. The fourth-order valence-corrected chi connectivity index (χ4v) is 2.36. The minimum Gasteiger partial charge on any atom is -0.507 e. The number of carbonyl (C=O) groups excluding carboxylic acids is 1. The summed E-state index contributed by atoms with van der Waals surface area (Å²) in [6, 6.07) is 5.49. The Labute approximate surface area is 93.3 Å². The topological polar surface area (TPSA) is 101 Å². The van der Waals surface area contributed by atoms with Gasteiger partial charge in [0, 0.05) is 7.05 Å². The van der Waals surface area contributed by atoms with E-state index in [4.69, 9.17) is 5.73 Å². The van der Waals surface area contributed by atoms with Gasteiger partial charge in [-0.25, -0.2) is 8.42 Å². The first-order valence-electron chi connectivity index (χ1n) is 4.38. The summed E-state index contributed by atoms with van der Waals surface area (Å²) in [4.78, 5) is 10.4. The average Bonchev–Trinajstić information content (AvgIpc) is 2.16. The van der Waals surface area contributed by atoms with E-state index in [-0.39, 0.29) is 10.6 Å². The van der Waals surface area contributed by atoms with Crippen molar-refractivity contribution in [1.82, 2.24) is 4.31 Å². The van der Waals surface area contributed by atoms with Gasteiger partial charge in [-0.1, -0.05) is 12.1 Å². The number of likely N-dealkylation sites (N-methyl/N-ethyl adjacent to an activating group) is 1. The van der Waals surface area contributed by atoms with E-state index in [2.05, 4.69) is 0 Å². The quantitative estimate of drug-likeness (QED) is 0.745. The average molecular weight is 244 g/mol. The molecule has 88 valence electrons. The molecule has 1 aromatic carbocycles. The van der Waals surface area contributed by atoms with Crippen LogP contribution < -0.4 is 5.73 Å². The molecule has 0 bridgehead atoms. The van der Waals surface area contributed by atoms with Gasteiger partial charge in [-0.15, -0.1) is 0 Å². The van der Waals surface area contributed by atoms with Crippen LogP contribution >= 0.6 is 0 Å². The largest absolute Gasteiger partial charge is 0.507 e. The Morgan fingerprint density at radius 3 is 2.50 bits per heavy atom. The highest BCUT2D eigenvalue weighted by atomic mass is 32.2. The SMILES string of the molecule is CN(CC(N)=O)S(=O)(=O)c1ccccc1O. The van der Waals surface area contributed by atoms with Gasteiger partial charge in [0.05, 0.1) is 6.54 Å². The van der Waals surface area contributed by atoms with Gasteiger partial charge in [-0.2, -0.15) is 4.31 Å². The summed E-state index contributed by atoms with van der Waals surface area (Å²) >= 11 is 0. The number of phenolic OH excluding ortho intramolecular Hbond substituents is 1. The van der Waals surface area contributed by atoms with Gasteiger partial charge >= 0.3 is 0 Å². The molecule has 0 unspecified atom stereocenters. The summed E-state index contributed by atoms with van der Waals surface area (Å²) in [6.45, 7) is -0.434. The molecule has 0 fully saturated rings. The number of carbonyl (C=O) groups is 1. The molecule has 1 aromatic rings. The van der Waals surface area contributed by atoms with E-state index >= 15 is 0 Å². The van der Waals surface area contributed by atoms with E-state index in [0.717, 1.165) is 4.31 Å². The van der Waals surface area contributed by atoms with Crippen LogP contribution in [-0.4, -0.2) is 37.3 Å². The maximum absolute atomic E-state index is 11.8. The molecule has 16 heavy (non-hydrogen) atoms. The maximum Gasteiger partial charge on any atom is 0.246 e. The highest BCUT2D eigenvalue weighted by molar-refractivity contribution is 7.89. The molecule has 0 radical (unpaired) electrons. The van der Waals surface area contributed by atoms with Crippen molar-refractivity contribution in [3.8, 4) is 5.75 Å². The Kier molecular flexibility index (Phi) is 3.51. The molecular formula is C9H12N2O4S. The third kappa shape index (κ3) is 2.50. The molecular weight excluding hydrogens is 232 g/mol. The molecule has 0 saturated carbocycles. The molecule has 0 saturated heterocycles. The first-order chi connectivity index (χ1) is 7.35. The maximum atomic E-state index is 11.8. The first-order valence-corrected chi connectivity index (χ1v) is 5.82. The van der Waals surface area contributed by atoms with Crippen molar-refractivity contribution in [2.75, 3.05) is 13.6 Å². The minimum atomic E-state index is -3.88. The van der Waals surface area contributed by atoms with Gasteiger partial charge in [0.25, 0.3) is 0 Å². The molecule has 0 heterocycles. The van der Waals surface area contributed by atoms with Crippen LogP contribution in [0.1, 0.15) is 0 Å². The lowest BCUT2D eigenvalue weighted by atomic mass is 10.3. The van der Waals surface area contributed by atoms with E-state index < -0.39 is 22.5 Å². The lowest BCUT2D eigenvalue weighted by Gasteiger charge is -2.15. The monoisotopic (exact) mass is 244 g/mol. The van der Waals surface area contributed by atoms with E-state index in [9.17, 15) is 18.3 Å². The summed E-state index contributed by atoms with van der Waals surface area (Å²) in [5.41, 5.74) is 4.90. The number of nitrogens with zero attached hydrogens (tertiary/aromatic N) is 1. The Bertz CT molecular complexity index is 498. The van der Waals surface area contributed by atoms with Crippen molar-refractivity contribution < 1.29 is 18.3 Å². The highest BCUT2D eigenvalue weighted by Crippen LogP contribution is 2.23. The summed E-state index contributed by atoms with van der Waals surface area (Å²) < 4.78 is 24.5.